The molecule has 0 aliphatic heterocycles. The number of aromatic nitrogens is 2. The second-order valence-corrected chi connectivity index (χ2v) is 5.06. The van der Waals surface area contributed by atoms with Gasteiger partial charge in [-0.2, -0.15) is 0 Å². The molecule has 90 valence electrons. The van der Waals surface area contributed by atoms with Crippen LogP contribution in [0.15, 0.2) is 12.5 Å². The molecule has 0 unspecified atom stereocenters. The number of amides is 1. The number of imidazole rings is 1. The molecule has 0 saturated heterocycles. The summed E-state index contributed by atoms with van der Waals surface area (Å²) in [7, 11) is 1.80. The first kappa shape index (κ1) is 12.7. The summed E-state index contributed by atoms with van der Waals surface area (Å²) in [6, 6.07) is 0. The fraction of sp³-hybridized carbons (Fsp3) is 0.636. The zero-order valence-corrected chi connectivity index (χ0v) is 10.4. The quantitative estimate of drug-likeness (QED) is 0.795. The largest absolute Gasteiger partial charge is 0.388 e. The molecule has 0 atom stereocenters. The van der Waals surface area contributed by atoms with E-state index in [0.717, 1.165) is 0 Å². The monoisotopic (exact) mass is 225 g/mol. The molecule has 1 aromatic heterocycles. The van der Waals surface area contributed by atoms with Crippen molar-refractivity contribution < 1.29 is 9.90 Å². The number of nitrogens with zero attached hydrogens (tertiary/aromatic N) is 2. The van der Waals surface area contributed by atoms with Crippen molar-refractivity contribution in [3.8, 4) is 0 Å². The number of aryl methyl sites for hydroxylation is 1. The van der Waals surface area contributed by atoms with Crippen LogP contribution in [0.3, 0.4) is 0 Å². The number of carbonyl (C=O) groups is 1. The first-order valence-electron chi connectivity index (χ1n) is 5.16. The van der Waals surface area contributed by atoms with Gasteiger partial charge in [0.15, 0.2) is 0 Å². The summed E-state index contributed by atoms with van der Waals surface area (Å²) >= 11 is 0. The van der Waals surface area contributed by atoms with Gasteiger partial charge in [-0.3, -0.25) is 4.79 Å². The molecule has 0 bridgehead atoms. The number of nitrogens with one attached hydrogen (secondary N) is 1. The Hall–Kier alpha value is -1.36. The Balaban J connectivity index is 2.79. The minimum atomic E-state index is -1.00. The number of carbonyl (C=O) groups excluding carboxylic acids is 1. The zero-order valence-electron chi connectivity index (χ0n) is 10.4. The van der Waals surface area contributed by atoms with Gasteiger partial charge in [0.25, 0.3) is 5.91 Å². The Morgan fingerprint density at radius 2 is 2.00 bits per heavy atom. The molecule has 16 heavy (non-hydrogen) atoms. The Morgan fingerprint density at radius 1 is 1.44 bits per heavy atom. The Morgan fingerprint density at radius 3 is 2.38 bits per heavy atom. The molecule has 1 amide bonds. The average Bonchev–Trinajstić information content (AvgIpc) is 2.48. The van der Waals surface area contributed by atoms with Crippen LogP contribution in [0.25, 0.3) is 0 Å². The summed E-state index contributed by atoms with van der Waals surface area (Å²) < 4.78 is 1.70. The number of hydrogen-bond donors (Lipinski definition) is 2. The predicted molar refractivity (Wildman–Crippen MR) is 61.1 cm³/mol. The summed E-state index contributed by atoms with van der Waals surface area (Å²) in [4.78, 5) is 15.8. The van der Waals surface area contributed by atoms with E-state index in [2.05, 4.69) is 10.3 Å². The highest BCUT2D eigenvalue weighted by Crippen LogP contribution is 2.20. The van der Waals surface area contributed by atoms with E-state index >= 15 is 0 Å². The topological polar surface area (TPSA) is 67.2 Å². The van der Waals surface area contributed by atoms with Gasteiger partial charge in [0.05, 0.1) is 17.5 Å². The maximum absolute atomic E-state index is 11.8. The molecule has 0 spiro atoms. The summed E-state index contributed by atoms with van der Waals surface area (Å²) in [6.45, 7) is 6.86. The van der Waals surface area contributed by atoms with Gasteiger partial charge in [0.2, 0.25) is 0 Å². The van der Waals surface area contributed by atoms with E-state index in [9.17, 15) is 9.90 Å². The van der Waals surface area contributed by atoms with Gasteiger partial charge in [0, 0.05) is 13.2 Å². The minimum absolute atomic E-state index is 0.285. The zero-order chi connectivity index (χ0) is 12.6. The highest BCUT2D eigenvalue weighted by atomic mass is 16.3. The molecular formula is C11H19N3O2. The van der Waals surface area contributed by atoms with Crippen LogP contribution < -0.4 is 5.32 Å². The molecule has 0 radical (unpaired) electrons. The highest BCUT2D eigenvalue weighted by molar-refractivity contribution is 5.92. The smallest absolute Gasteiger partial charge is 0.271 e. The minimum Gasteiger partial charge on any atom is -0.388 e. The first-order valence-corrected chi connectivity index (χ1v) is 5.16. The molecule has 0 aromatic carbocycles. The van der Waals surface area contributed by atoms with Crippen LogP contribution in [-0.2, 0) is 7.05 Å². The van der Waals surface area contributed by atoms with E-state index in [-0.39, 0.29) is 5.91 Å². The normalized spacial score (nSPS) is 12.6. The van der Waals surface area contributed by atoms with Crippen molar-refractivity contribution in [3.05, 3.63) is 18.2 Å². The summed E-state index contributed by atoms with van der Waals surface area (Å²) in [5.41, 5.74) is -1.38. The number of hydrogen-bond acceptors (Lipinski definition) is 3. The lowest BCUT2D eigenvalue weighted by Gasteiger charge is -2.37. The third-order valence-corrected chi connectivity index (χ3v) is 2.89. The first-order chi connectivity index (χ1) is 7.13. The Kier molecular flexibility index (Phi) is 3.10. The van der Waals surface area contributed by atoms with Crippen LogP contribution in [0.5, 0.6) is 0 Å². The van der Waals surface area contributed by atoms with Crippen molar-refractivity contribution in [1.82, 2.24) is 14.9 Å². The van der Waals surface area contributed by atoms with Crippen molar-refractivity contribution in [2.45, 2.75) is 38.8 Å². The third-order valence-electron chi connectivity index (χ3n) is 2.89. The molecule has 1 aromatic rings. The van der Waals surface area contributed by atoms with E-state index in [0.29, 0.717) is 5.69 Å². The molecular weight excluding hydrogens is 206 g/mol. The van der Waals surface area contributed by atoms with E-state index in [4.69, 9.17) is 0 Å². The SMILES string of the molecule is Cn1cnc(C(=O)NC(C)(C)C(C)(C)O)c1. The molecule has 0 fully saturated rings. The van der Waals surface area contributed by atoms with Crippen LogP contribution in [0.1, 0.15) is 38.2 Å². The van der Waals surface area contributed by atoms with Crippen molar-refractivity contribution in [3.63, 3.8) is 0 Å². The van der Waals surface area contributed by atoms with E-state index < -0.39 is 11.1 Å². The maximum atomic E-state index is 11.8. The van der Waals surface area contributed by atoms with Crippen LogP contribution in [0.4, 0.5) is 0 Å². The summed E-state index contributed by atoms with van der Waals surface area (Å²) in [5.74, 6) is -0.285. The lowest BCUT2D eigenvalue weighted by Crippen LogP contribution is -2.57. The lowest BCUT2D eigenvalue weighted by atomic mass is 9.86. The van der Waals surface area contributed by atoms with Crippen LogP contribution >= 0.6 is 0 Å². The van der Waals surface area contributed by atoms with Crippen molar-refractivity contribution >= 4 is 5.91 Å². The van der Waals surface area contributed by atoms with Crippen LogP contribution in [0, 0.1) is 0 Å². The molecule has 5 nitrogen and oxygen atoms in total. The maximum Gasteiger partial charge on any atom is 0.271 e. The van der Waals surface area contributed by atoms with E-state index in [1.807, 2.05) is 0 Å². The van der Waals surface area contributed by atoms with Crippen molar-refractivity contribution in [1.29, 1.82) is 0 Å². The van der Waals surface area contributed by atoms with Crippen molar-refractivity contribution in [2.75, 3.05) is 0 Å². The molecule has 5 heteroatoms. The van der Waals surface area contributed by atoms with E-state index in [1.54, 1.807) is 51.8 Å². The molecule has 2 N–H and O–H groups in total. The van der Waals surface area contributed by atoms with Gasteiger partial charge >= 0.3 is 0 Å². The number of rotatable bonds is 3. The van der Waals surface area contributed by atoms with Crippen molar-refractivity contribution in [2.24, 2.45) is 7.05 Å². The predicted octanol–water partition coefficient (Wildman–Crippen LogP) is 0.699. The fourth-order valence-electron chi connectivity index (χ4n) is 1.03. The number of aliphatic hydroxyl groups is 1. The standard InChI is InChI=1S/C11H19N3O2/c1-10(2,11(3,4)16)13-9(15)8-6-14(5)7-12-8/h6-7,16H,1-5H3,(H,13,15). The molecule has 0 aliphatic carbocycles. The molecule has 0 saturated carbocycles. The molecule has 1 rings (SSSR count). The second-order valence-electron chi connectivity index (χ2n) is 5.06. The van der Waals surface area contributed by atoms with Gasteiger partial charge in [-0.15, -0.1) is 0 Å². The van der Waals surface area contributed by atoms with Gasteiger partial charge < -0.3 is 15.0 Å². The molecule has 0 aliphatic rings. The van der Waals surface area contributed by atoms with Gasteiger partial charge in [0.1, 0.15) is 5.69 Å². The summed E-state index contributed by atoms with van der Waals surface area (Å²) in [6.07, 6.45) is 3.20. The van der Waals surface area contributed by atoms with Gasteiger partial charge in [-0.1, -0.05) is 0 Å². The van der Waals surface area contributed by atoms with Gasteiger partial charge in [-0.25, -0.2) is 4.98 Å². The molecule has 1 heterocycles. The average molecular weight is 225 g/mol. The second kappa shape index (κ2) is 3.90. The summed E-state index contributed by atoms with van der Waals surface area (Å²) in [5, 5.41) is 12.7. The fourth-order valence-corrected chi connectivity index (χ4v) is 1.03. The van der Waals surface area contributed by atoms with Gasteiger partial charge in [-0.05, 0) is 27.7 Å². The lowest BCUT2D eigenvalue weighted by molar-refractivity contribution is -0.00301. The Bertz CT molecular complexity index is 388. The van der Waals surface area contributed by atoms with E-state index in [1.165, 1.54) is 0 Å². The highest BCUT2D eigenvalue weighted by Gasteiger charge is 2.36. The Labute approximate surface area is 95.5 Å². The van der Waals surface area contributed by atoms with Crippen LogP contribution in [0.2, 0.25) is 0 Å². The van der Waals surface area contributed by atoms with Crippen LogP contribution in [-0.4, -0.2) is 31.7 Å². The third kappa shape index (κ3) is 2.61.